The molecule has 3 aromatic heterocycles. The average Bonchev–Trinajstić information content (AvgIpc) is 3.50. The lowest BCUT2D eigenvalue weighted by atomic mass is 10.2. The normalized spacial score (nSPS) is 12.9. The van der Waals surface area contributed by atoms with Crippen molar-refractivity contribution in [3.8, 4) is 5.69 Å². The van der Waals surface area contributed by atoms with Crippen LogP contribution < -0.4 is 5.56 Å². The Labute approximate surface area is 187 Å². The predicted molar refractivity (Wildman–Crippen MR) is 123 cm³/mol. The Hall–Kier alpha value is -2.84. The molecule has 1 aliphatic rings. The van der Waals surface area contributed by atoms with Crippen molar-refractivity contribution in [3.05, 3.63) is 75.3 Å². The van der Waals surface area contributed by atoms with Gasteiger partial charge in [-0.1, -0.05) is 30.0 Å². The molecular weight excluding hydrogens is 430 g/mol. The van der Waals surface area contributed by atoms with E-state index in [1.165, 1.54) is 16.6 Å². The average molecular weight is 452 g/mol. The minimum atomic E-state index is -0.0518. The Kier molecular flexibility index (Phi) is 5.41. The quantitative estimate of drug-likeness (QED) is 0.323. The molecule has 3 heterocycles. The van der Waals surface area contributed by atoms with Gasteiger partial charge in [0.1, 0.15) is 10.6 Å². The van der Waals surface area contributed by atoms with E-state index < -0.39 is 0 Å². The number of benzene rings is 1. The number of thiophene rings is 1. The van der Waals surface area contributed by atoms with Crippen molar-refractivity contribution in [1.29, 1.82) is 0 Å². The molecule has 0 bridgehead atoms. The van der Waals surface area contributed by atoms with Crippen molar-refractivity contribution in [2.75, 3.05) is 12.8 Å². The summed E-state index contributed by atoms with van der Waals surface area (Å²) in [6.07, 6.45) is 4.64. The third-order valence-corrected chi connectivity index (χ3v) is 7.56. The number of amides is 1. The summed E-state index contributed by atoms with van der Waals surface area (Å²) in [5.41, 5.74) is 1.88. The van der Waals surface area contributed by atoms with Gasteiger partial charge >= 0.3 is 0 Å². The number of fused-ring (bicyclic) bond motifs is 3. The van der Waals surface area contributed by atoms with Gasteiger partial charge in [-0.3, -0.25) is 14.2 Å². The molecule has 31 heavy (non-hydrogen) atoms. The van der Waals surface area contributed by atoms with Crippen LogP contribution in [0.25, 0.3) is 15.9 Å². The minimum absolute atomic E-state index is 0.0468. The second-order valence-electron chi connectivity index (χ2n) is 7.53. The van der Waals surface area contributed by atoms with E-state index in [2.05, 4.69) is 0 Å². The van der Waals surface area contributed by atoms with E-state index in [1.54, 1.807) is 40.2 Å². The summed E-state index contributed by atoms with van der Waals surface area (Å²) >= 11 is 2.91. The summed E-state index contributed by atoms with van der Waals surface area (Å²) in [6.45, 7) is 0.405. The second-order valence-corrected chi connectivity index (χ2v) is 9.55. The summed E-state index contributed by atoms with van der Waals surface area (Å²) in [4.78, 5) is 34.8. The summed E-state index contributed by atoms with van der Waals surface area (Å²) < 4.78 is 6.98. The molecule has 1 amide bonds. The highest BCUT2D eigenvalue weighted by atomic mass is 32.2. The molecule has 0 unspecified atom stereocenters. The van der Waals surface area contributed by atoms with Crippen LogP contribution in [0.3, 0.4) is 0 Å². The highest BCUT2D eigenvalue weighted by molar-refractivity contribution is 7.99. The number of furan rings is 1. The van der Waals surface area contributed by atoms with Crippen molar-refractivity contribution in [2.45, 2.75) is 31.0 Å². The smallest absolute Gasteiger partial charge is 0.267 e. The summed E-state index contributed by atoms with van der Waals surface area (Å²) in [6, 6.07) is 13.2. The van der Waals surface area contributed by atoms with Crippen LogP contribution in [0.4, 0.5) is 0 Å². The van der Waals surface area contributed by atoms with E-state index in [9.17, 15) is 9.59 Å². The van der Waals surface area contributed by atoms with Gasteiger partial charge in [-0.05, 0) is 49.1 Å². The molecule has 158 valence electrons. The molecular formula is C23H21N3O3S2. The van der Waals surface area contributed by atoms with E-state index in [0.717, 1.165) is 46.5 Å². The fourth-order valence-electron chi connectivity index (χ4n) is 3.89. The topological polar surface area (TPSA) is 68.3 Å². The van der Waals surface area contributed by atoms with E-state index >= 15 is 0 Å². The Morgan fingerprint density at radius 1 is 1.23 bits per heavy atom. The fraction of sp³-hybridized carbons (Fsp3) is 0.261. The van der Waals surface area contributed by atoms with Crippen LogP contribution in [0, 0.1) is 0 Å². The molecule has 5 rings (SSSR count). The maximum absolute atomic E-state index is 13.6. The minimum Gasteiger partial charge on any atom is -0.467 e. The standard InChI is InChI=1S/C23H21N3O3S2/c1-25(13-16-9-6-12-29-16)19(27)14-30-23-24-21-20(17-10-5-11-18(17)31-21)22(28)26(23)15-7-3-2-4-8-15/h2-4,6-9,12H,5,10-11,13-14H2,1H3. The molecule has 0 fully saturated rings. The molecule has 0 atom stereocenters. The number of aromatic nitrogens is 2. The Morgan fingerprint density at radius 3 is 2.84 bits per heavy atom. The van der Waals surface area contributed by atoms with Gasteiger partial charge in [0.15, 0.2) is 5.16 Å². The van der Waals surface area contributed by atoms with Gasteiger partial charge in [-0.25, -0.2) is 4.98 Å². The third-order valence-electron chi connectivity index (χ3n) is 5.45. The zero-order valence-electron chi connectivity index (χ0n) is 17.0. The van der Waals surface area contributed by atoms with Crippen molar-refractivity contribution in [3.63, 3.8) is 0 Å². The number of thioether (sulfide) groups is 1. The molecule has 0 aliphatic heterocycles. The predicted octanol–water partition coefficient (Wildman–Crippen LogP) is 4.28. The Balaban J connectivity index is 1.49. The first kappa shape index (κ1) is 20.1. The Bertz CT molecular complexity index is 1290. The summed E-state index contributed by atoms with van der Waals surface area (Å²) in [5, 5.41) is 1.29. The van der Waals surface area contributed by atoms with Crippen LogP contribution in [-0.4, -0.2) is 33.2 Å². The fourth-order valence-corrected chi connectivity index (χ4v) is 6.14. The van der Waals surface area contributed by atoms with Gasteiger partial charge in [0.2, 0.25) is 5.91 Å². The maximum Gasteiger partial charge on any atom is 0.267 e. The molecule has 0 saturated carbocycles. The lowest BCUT2D eigenvalue weighted by Crippen LogP contribution is -2.28. The van der Waals surface area contributed by atoms with Crippen molar-refractivity contribution in [1.82, 2.24) is 14.5 Å². The first-order chi connectivity index (χ1) is 15.1. The number of para-hydroxylation sites is 1. The van der Waals surface area contributed by atoms with Gasteiger partial charge in [-0.2, -0.15) is 0 Å². The Morgan fingerprint density at radius 2 is 2.06 bits per heavy atom. The molecule has 6 nitrogen and oxygen atoms in total. The highest BCUT2D eigenvalue weighted by Gasteiger charge is 2.24. The lowest BCUT2D eigenvalue weighted by molar-refractivity contribution is -0.127. The number of carbonyl (C=O) groups is 1. The van der Waals surface area contributed by atoms with E-state index in [-0.39, 0.29) is 17.2 Å². The van der Waals surface area contributed by atoms with Crippen LogP contribution in [0.2, 0.25) is 0 Å². The van der Waals surface area contributed by atoms with Crippen molar-refractivity contribution >= 4 is 39.2 Å². The molecule has 8 heteroatoms. The lowest BCUT2D eigenvalue weighted by Gasteiger charge is -2.16. The number of rotatable bonds is 6. The number of aryl methyl sites for hydroxylation is 2. The van der Waals surface area contributed by atoms with Crippen LogP contribution >= 0.6 is 23.1 Å². The number of hydrogen-bond donors (Lipinski definition) is 0. The van der Waals surface area contributed by atoms with Crippen LogP contribution in [0.1, 0.15) is 22.6 Å². The maximum atomic E-state index is 13.6. The third kappa shape index (κ3) is 3.81. The summed E-state index contributed by atoms with van der Waals surface area (Å²) in [7, 11) is 1.75. The molecule has 1 aromatic carbocycles. The van der Waals surface area contributed by atoms with Crippen LogP contribution in [-0.2, 0) is 24.2 Å². The second kappa shape index (κ2) is 8.36. The van der Waals surface area contributed by atoms with Gasteiger partial charge in [0.25, 0.3) is 5.56 Å². The highest BCUT2D eigenvalue weighted by Crippen LogP contribution is 2.36. The van der Waals surface area contributed by atoms with E-state index in [0.29, 0.717) is 11.7 Å². The molecule has 0 spiro atoms. The van der Waals surface area contributed by atoms with Gasteiger partial charge in [0.05, 0.1) is 29.6 Å². The largest absolute Gasteiger partial charge is 0.467 e. The molecule has 0 N–H and O–H groups in total. The number of carbonyl (C=O) groups excluding carboxylic acids is 1. The van der Waals surface area contributed by atoms with Gasteiger partial charge in [0, 0.05) is 11.9 Å². The number of hydrogen-bond acceptors (Lipinski definition) is 6. The first-order valence-corrected chi connectivity index (χ1v) is 11.9. The zero-order valence-corrected chi connectivity index (χ0v) is 18.7. The molecule has 0 saturated heterocycles. The molecule has 4 aromatic rings. The van der Waals surface area contributed by atoms with Crippen molar-refractivity contribution < 1.29 is 9.21 Å². The van der Waals surface area contributed by atoms with Crippen LogP contribution in [0.5, 0.6) is 0 Å². The van der Waals surface area contributed by atoms with E-state index in [1.807, 2.05) is 36.4 Å². The monoisotopic (exact) mass is 451 g/mol. The van der Waals surface area contributed by atoms with E-state index in [4.69, 9.17) is 9.40 Å². The molecule has 1 aliphatic carbocycles. The van der Waals surface area contributed by atoms with Crippen LogP contribution in [0.15, 0.2) is 63.1 Å². The first-order valence-electron chi connectivity index (χ1n) is 10.1. The summed E-state index contributed by atoms with van der Waals surface area (Å²) in [5.74, 6) is 0.867. The number of nitrogens with zero attached hydrogens (tertiary/aromatic N) is 3. The zero-order chi connectivity index (χ0) is 21.4. The van der Waals surface area contributed by atoms with Gasteiger partial charge in [-0.15, -0.1) is 11.3 Å². The van der Waals surface area contributed by atoms with Gasteiger partial charge < -0.3 is 9.32 Å². The van der Waals surface area contributed by atoms with Crippen molar-refractivity contribution in [2.24, 2.45) is 0 Å². The SMILES string of the molecule is CN(Cc1ccco1)C(=O)CSc1nc2sc3c(c2c(=O)n1-c1ccccc1)CCC3. The molecule has 0 radical (unpaired) electrons.